The molecule has 88 valence electrons. The molecule has 0 saturated heterocycles. The molecule has 0 spiro atoms. The van der Waals surface area contributed by atoms with Crippen LogP contribution in [0.15, 0.2) is 6.20 Å². The summed E-state index contributed by atoms with van der Waals surface area (Å²) < 4.78 is 5.94. The number of aromatic nitrogens is 3. The zero-order valence-electron chi connectivity index (χ0n) is 8.61. The number of ether oxygens (including phenoxy) is 1. The Balaban J connectivity index is 2.10. The summed E-state index contributed by atoms with van der Waals surface area (Å²) in [5, 5.41) is 1.13. The summed E-state index contributed by atoms with van der Waals surface area (Å²) in [6.07, 6.45) is 2.34. The quantitative estimate of drug-likeness (QED) is 0.757. The van der Waals surface area contributed by atoms with Gasteiger partial charge in [-0.1, -0.05) is 34.5 Å². The maximum Gasteiger partial charge on any atom is 0.190 e. The Morgan fingerprint density at radius 2 is 2.18 bits per heavy atom. The van der Waals surface area contributed by atoms with Crippen molar-refractivity contribution >= 4 is 34.5 Å². The van der Waals surface area contributed by atoms with Gasteiger partial charge < -0.3 is 4.74 Å². The van der Waals surface area contributed by atoms with E-state index in [2.05, 4.69) is 15.0 Å². The first-order chi connectivity index (χ1) is 8.24. The smallest absolute Gasteiger partial charge is 0.190 e. The van der Waals surface area contributed by atoms with E-state index in [0.717, 1.165) is 17.7 Å². The van der Waals surface area contributed by atoms with Gasteiger partial charge in [-0.15, -0.1) is 0 Å². The third-order valence-corrected chi connectivity index (χ3v) is 3.86. The minimum atomic E-state index is 0.441. The van der Waals surface area contributed by atoms with Crippen molar-refractivity contribution in [2.24, 2.45) is 0 Å². The fourth-order valence-corrected chi connectivity index (χ4v) is 2.74. The Bertz CT molecular complexity index is 573. The maximum absolute atomic E-state index is 6.12. The molecule has 1 aliphatic rings. The number of thiazole rings is 1. The van der Waals surface area contributed by atoms with Crippen molar-refractivity contribution < 1.29 is 4.74 Å². The van der Waals surface area contributed by atoms with Gasteiger partial charge in [-0.05, 0) is 0 Å². The summed E-state index contributed by atoms with van der Waals surface area (Å²) in [6.45, 7) is 1.14. The van der Waals surface area contributed by atoms with Gasteiger partial charge in [0, 0.05) is 12.0 Å². The predicted molar refractivity (Wildman–Crippen MR) is 66.5 cm³/mol. The summed E-state index contributed by atoms with van der Waals surface area (Å²) >= 11 is 13.3. The molecule has 7 heteroatoms. The molecule has 3 heterocycles. The molecule has 17 heavy (non-hydrogen) atoms. The lowest BCUT2D eigenvalue weighted by molar-refractivity contribution is 0.109. The number of fused-ring (bicyclic) bond motifs is 1. The van der Waals surface area contributed by atoms with Gasteiger partial charge in [-0.2, -0.15) is 0 Å². The summed E-state index contributed by atoms with van der Waals surface area (Å²) in [5.74, 6) is 0.535. The zero-order chi connectivity index (χ0) is 11.8. The average Bonchev–Trinajstić information content (AvgIpc) is 2.76. The van der Waals surface area contributed by atoms with Crippen LogP contribution in [0.5, 0.6) is 0 Å². The van der Waals surface area contributed by atoms with Crippen LogP contribution in [0.2, 0.25) is 9.49 Å². The molecule has 0 aromatic carbocycles. The van der Waals surface area contributed by atoms with Crippen LogP contribution in [-0.2, 0) is 17.8 Å². The van der Waals surface area contributed by atoms with Gasteiger partial charge in [0.05, 0.1) is 25.1 Å². The van der Waals surface area contributed by atoms with Gasteiger partial charge in [-0.25, -0.2) is 15.0 Å². The van der Waals surface area contributed by atoms with Crippen molar-refractivity contribution in [3.8, 4) is 10.8 Å². The van der Waals surface area contributed by atoms with Gasteiger partial charge in [0.15, 0.2) is 10.8 Å². The molecule has 2 aromatic heterocycles. The topological polar surface area (TPSA) is 47.9 Å². The van der Waals surface area contributed by atoms with Crippen molar-refractivity contribution in [3.63, 3.8) is 0 Å². The Morgan fingerprint density at radius 1 is 1.29 bits per heavy atom. The molecule has 4 nitrogen and oxygen atoms in total. The van der Waals surface area contributed by atoms with E-state index in [0.29, 0.717) is 33.5 Å². The molecule has 0 saturated carbocycles. The lowest BCUT2D eigenvalue weighted by atomic mass is 10.1. The fraction of sp³-hybridized carbons (Fsp3) is 0.300. The van der Waals surface area contributed by atoms with Crippen molar-refractivity contribution in [3.05, 3.63) is 26.9 Å². The van der Waals surface area contributed by atoms with E-state index in [1.54, 1.807) is 6.20 Å². The predicted octanol–water partition coefficient (Wildman–Crippen LogP) is 2.98. The van der Waals surface area contributed by atoms with Gasteiger partial charge in [0.1, 0.15) is 9.49 Å². The Morgan fingerprint density at radius 3 is 2.94 bits per heavy atom. The molecule has 0 fully saturated rings. The van der Waals surface area contributed by atoms with Crippen molar-refractivity contribution in [1.82, 2.24) is 15.0 Å². The minimum absolute atomic E-state index is 0.441. The second-order valence-corrected chi connectivity index (χ2v) is 5.56. The van der Waals surface area contributed by atoms with E-state index in [1.165, 1.54) is 11.3 Å². The minimum Gasteiger partial charge on any atom is -0.376 e. The van der Waals surface area contributed by atoms with Crippen LogP contribution in [0.3, 0.4) is 0 Å². The van der Waals surface area contributed by atoms with E-state index < -0.39 is 0 Å². The van der Waals surface area contributed by atoms with E-state index in [1.807, 2.05) is 0 Å². The van der Waals surface area contributed by atoms with E-state index >= 15 is 0 Å². The van der Waals surface area contributed by atoms with E-state index in [9.17, 15) is 0 Å². The summed E-state index contributed by atoms with van der Waals surface area (Å²) in [5.41, 5.74) is 1.82. The highest BCUT2D eigenvalue weighted by atomic mass is 35.5. The second kappa shape index (κ2) is 4.49. The molecule has 0 radical (unpaired) electrons. The Hall–Kier alpha value is -0.750. The third-order valence-electron chi connectivity index (χ3n) is 2.44. The SMILES string of the molecule is Clc1cnc(-c2nc(Cl)c3c(n2)CCOC3)s1. The first kappa shape index (κ1) is 11.3. The van der Waals surface area contributed by atoms with Crippen LogP contribution in [0.1, 0.15) is 11.3 Å². The number of rotatable bonds is 1. The Labute approximate surface area is 112 Å². The molecule has 2 aromatic rings. The molecule has 1 aliphatic heterocycles. The lowest BCUT2D eigenvalue weighted by Gasteiger charge is -2.16. The van der Waals surface area contributed by atoms with Crippen molar-refractivity contribution in [2.75, 3.05) is 6.61 Å². The third kappa shape index (κ3) is 2.15. The van der Waals surface area contributed by atoms with Crippen molar-refractivity contribution in [2.45, 2.75) is 13.0 Å². The largest absolute Gasteiger partial charge is 0.376 e. The van der Waals surface area contributed by atoms with Crippen LogP contribution < -0.4 is 0 Å². The number of halogens is 2. The average molecular weight is 288 g/mol. The van der Waals surface area contributed by atoms with Gasteiger partial charge in [0.25, 0.3) is 0 Å². The number of nitrogens with zero attached hydrogens (tertiary/aromatic N) is 3. The van der Waals surface area contributed by atoms with Crippen LogP contribution in [0.25, 0.3) is 10.8 Å². The van der Waals surface area contributed by atoms with Crippen LogP contribution in [0.4, 0.5) is 0 Å². The van der Waals surface area contributed by atoms with E-state index in [4.69, 9.17) is 27.9 Å². The summed E-state index contributed by atoms with van der Waals surface area (Å²) in [6, 6.07) is 0. The molecule has 0 aliphatic carbocycles. The Kier molecular flexibility index (Phi) is 3.00. The summed E-state index contributed by atoms with van der Waals surface area (Å²) in [4.78, 5) is 12.9. The highest BCUT2D eigenvalue weighted by Crippen LogP contribution is 2.29. The molecule has 0 bridgehead atoms. The monoisotopic (exact) mass is 287 g/mol. The molecule has 0 unspecified atom stereocenters. The molecule has 0 atom stereocenters. The summed E-state index contributed by atoms with van der Waals surface area (Å²) in [7, 11) is 0. The fourth-order valence-electron chi connectivity index (χ4n) is 1.65. The van der Waals surface area contributed by atoms with Crippen molar-refractivity contribution in [1.29, 1.82) is 0 Å². The normalized spacial score (nSPS) is 14.7. The second-order valence-electron chi connectivity index (χ2n) is 3.54. The highest BCUT2D eigenvalue weighted by Gasteiger charge is 2.18. The molecule has 0 amide bonds. The van der Waals surface area contributed by atoms with E-state index in [-0.39, 0.29) is 0 Å². The van der Waals surface area contributed by atoms with Gasteiger partial charge >= 0.3 is 0 Å². The first-order valence-electron chi connectivity index (χ1n) is 4.99. The van der Waals surface area contributed by atoms with Crippen LogP contribution >= 0.6 is 34.5 Å². The standard InChI is InChI=1S/C10H7Cl2N3OS/c11-7-3-13-10(17-7)9-14-6-1-2-16-4-5(6)8(12)15-9/h3H,1-2,4H2. The molecular weight excluding hydrogens is 281 g/mol. The van der Waals surface area contributed by atoms with Gasteiger partial charge in [0.2, 0.25) is 0 Å². The first-order valence-corrected chi connectivity index (χ1v) is 6.56. The molecule has 0 N–H and O–H groups in total. The molecular formula is C10H7Cl2N3OS. The van der Waals surface area contributed by atoms with Crippen LogP contribution in [0, 0.1) is 0 Å². The number of hydrogen-bond acceptors (Lipinski definition) is 5. The zero-order valence-corrected chi connectivity index (χ0v) is 10.9. The molecule has 3 rings (SSSR count). The van der Waals surface area contributed by atoms with Gasteiger partial charge in [-0.3, -0.25) is 0 Å². The van der Waals surface area contributed by atoms with Crippen LogP contribution in [-0.4, -0.2) is 21.6 Å². The maximum atomic E-state index is 6.12. The lowest BCUT2D eigenvalue weighted by Crippen LogP contribution is -2.14. The highest BCUT2D eigenvalue weighted by molar-refractivity contribution is 7.18. The number of hydrogen-bond donors (Lipinski definition) is 0.